The number of amides is 1. The molecule has 1 saturated heterocycles. The minimum atomic E-state index is 0.0918. The molecule has 3 aromatic rings. The second-order valence-corrected chi connectivity index (χ2v) is 8.24. The van der Waals surface area contributed by atoms with Crippen LogP contribution in [-0.4, -0.2) is 67.6 Å². The van der Waals surface area contributed by atoms with Crippen molar-refractivity contribution in [2.75, 3.05) is 40.9 Å². The molecule has 6 heteroatoms. The van der Waals surface area contributed by atoms with Gasteiger partial charge < -0.3 is 24.3 Å². The number of likely N-dealkylation sites (N-methyl/N-ethyl adjacent to an activating group) is 1. The number of hydrogen-bond acceptors (Lipinski definition) is 4. The lowest BCUT2D eigenvalue weighted by Gasteiger charge is -2.37. The molecule has 1 N–H and O–H groups in total. The number of benzene rings is 2. The van der Waals surface area contributed by atoms with Crippen LogP contribution < -0.4 is 9.47 Å². The Morgan fingerprint density at radius 3 is 2.71 bits per heavy atom. The van der Waals surface area contributed by atoms with Crippen molar-refractivity contribution in [2.24, 2.45) is 0 Å². The maximum absolute atomic E-state index is 13.1. The Bertz CT molecular complexity index is 1010. The van der Waals surface area contributed by atoms with Crippen LogP contribution in [-0.2, 0) is 6.42 Å². The largest absolute Gasteiger partial charge is 0.493 e. The molecule has 2 aromatic carbocycles. The average molecular weight is 422 g/mol. The highest BCUT2D eigenvalue weighted by molar-refractivity contribution is 5.98. The fourth-order valence-electron chi connectivity index (χ4n) is 4.38. The first-order valence-corrected chi connectivity index (χ1v) is 10.9. The number of aromatic amines is 1. The van der Waals surface area contributed by atoms with Gasteiger partial charge in [0.2, 0.25) is 0 Å². The summed E-state index contributed by atoms with van der Waals surface area (Å²) >= 11 is 0. The van der Waals surface area contributed by atoms with Crippen molar-refractivity contribution in [3.63, 3.8) is 0 Å². The molecular formula is C25H31N3O3. The molecule has 0 spiro atoms. The van der Waals surface area contributed by atoms with E-state index in [2.05, 4.69) is 23.0 Å². The zero-order valence-corrected chi connectivity index (χ0v) is 18.6. The summed E-state index contributed by atoms with van der Waals surface area (Å²) in [7, 11) is 5.47. The number of rotatable bonds is 7. The lowest BCUT2D eigenvalue weighted by molar-refractivity contribution is 0.0607. The van der Waals surface area contributed by atoms with Crippen molar-refractivity contribution < 1.29 is 14.3 Å². The van der Waals surface area contributed by atoms with E-state index in [1.54, 1.807) is 14.2 Å². The van der Waals surface area contributed by atoms with Crippen molar-refractivity contribution in [2.45, 2.75) is 25.3 Å². The van der Waals surface area contributed by atoms with Crippen molar-refractivity contribution in [3.8, 4) is 11.5 Å². The Hall–Kier alpha value is -2.99. The number of carbonyl (C=O) groups is 1. The highest BCUT2D eigenvalue weighted by atomic mass is 16.5. The van der Waals surface area contributed by atoms with Crippen LogP contribution in [0.1, 0.15) is 28.9 Å². The summed E-state index contributed by atoms with van der Waals surface area (Å²) in [6.07, 6.45) is 3.06. The Morgan fingerprint density at radius 1 is 1.13 bits per heavy atom. The van der Waals surface area contributed by atoms with Crippen LogP contribution in [0, 0.1) is 0 Å². The van der Waals surface area contributed by atoms with E-state index in [-0.39, 0.29) is 5.91 Å². The number of piperidine rings is 1. The molecule has 1 atom stereocenters. The number of nitrogens with one attached hydrogen (secondary N) is 1. The summed E-state index contributed by atoms with van der Waals surface area (Å²) in [6.45, 7) is 2.50. The predicted molar refractivity (Wildman–Crippen MR) is 123 cm³/mol. The number of carbonyl (C=O) groups excluding carboxylic acids is 1. The van der Waals surface area contributed by atoms with E-state index < -0.39 is 0 Å². The van der Waals surface area contributed by atoms with Crippen molar-refractivity contribution in [1.29, 1.82) is 0 Å². The summed E-state index contributed by atoms with van der Waals surface area (Å²) in [5.74, 6) is 1.60. The molecule has 4 rings (SSSR count). The van der Waals surface area contributed by atoms with Gasteiger partial charge in [0.15, 0.2) is 11.5 Å². The van der Waals surface area contributed by atoms with Gasteiger partial charge in [0, 0.05) is 36.6 Å². The Labute approximate surface area is 183 Å². The normalized spacial score (nSPS) is 16.6. The van der Waals surface area contributed by atoms with Crippen LogP contribution in [0.3, 0.4) is 0 Å². The lowest BCUT2D eigenvalue weighted by atomic mass is 10.0. The fraction of sp³-hybridized carbons (Fsp3) is 0.400. The van der Waals surface area contributed by atoms with Crippen LogP contribution in [0.4, 0.5) is 0 Å². The molecule has 1 aliphatic rings. The first-order valence-electron chi connectivity index (χ1n) is 10.9. The number of methoxy groups -OCH3 is 2. The molecular weight excluding hydrogens is 390 g/mol. The topological polar surface area (TPSA) is 57.8 Å². The van der Waals surface area contributed by atoms with Crippen LogP contribution in [0.2, 0.25) is 0 Å². The number of likely N-dealkylation sites (tertiary alicyclic amines) is 1. The van der Waals surface area contributed by atoms with Gasteiger partial charge in [0.25, 0.3) is 5.91 Å². The Kier molecular flexibility index (Phi) is 6.47. The molecule has 1 amide bonds. The number of nitrogens with zero attached hydrogens (tertiary/aromatic N) is 2. The maximum atomic E-state index is 13.1. The average Bonchev–Trinajstić information content (AvgIpc) is 3.26. The summed E-state index contributed by atoms with van der Waals surface area (Å²) < 4.78 is 10.7. The number of hydrogen-bond donors (Lipinski definition) is 1. The molecule has 1 aliphatic heterocycles. The third-order valence-electron chi connectivity index (χ3n) is 6.27. The molecule has 0 unspecified atom stereocenters. The molecule has 31 heavy (non-hydrogen) atoms. The van der Waals surface area contributed by atoms with E-state index in [0.29, 0.717) is 11.7 Å². The van der Waals surface area contributed by atoms with E-state index in [9.17, 15) is 4.79 Å². The number of H-pyrrole nitrogens is 1. The Balaban J connectivity index is 1.37. The van der Waals surface area contributed by atoms with Gasteiger partial charge in [-0.1, -0.05) is 24.3 Å². The highest BCUT2D eigenvalue weighted by Crippen LogP contribution is 2.28. The fourth-order valence-corrected chi connectivity index (χ4v) is 4.38. The number of fused-ring (bicyclic) bond motifs is 1. The van der Waals surface area contributed by atoms with Gasteiger partial charge in [-0.05, 0) is 56.1 Å². The second-order valence-electron chi connectivity index (χ2n) is 8.24. The van der Waals surface area contributed by atoms with Gasteiger partial charge >= 0.3 is 0 Å². The summed E-state index contributed by atoms with van der Waals surface area (Å²) in [5, 5.41) is 1.08. The van der Waals surface area contributed by atoms with E-state index >= 15 is 0 Å². The molecule has 2 heterocycles. The van der Waals surface area contributed by atoms with E-state index in [4.69, 9.17) is 9.47 Å². The van der Waals surface area contributed by atoms with Gasteiger partial charge in [0.1, 0.15) is 5.69 Å². The number of ether oxygens (including phenoxy) is 2. The lowest BCUT2D eigenvalue weighted by Crippen LogP contribution is -2.49. The Morgan fingerprint density at radius 2 is 1.94 bits per heavy atom. The monoisotopic (exact) mass is 421 g/mol. The van der Waals surface area contributed by atoms with Crippen LogP contribution >= 0.6 is 0 Å². The van der Waals surface area contributed by atoms with Crippen LogP contribution in [0.5, 0.6) is 11.5 Å². The third-order valence-corrected chi connectivity index (χ3v) is 6.27. The second kappa shape index (κ2) is 9.43. The molecule has 1 aromatic heterocycles. The van der Waals surface area contributed by atoms with Gasteiger partial charge in [-0.3, -0.25) is 4.79 Å². The van der Waals surface area contributed by atoms with Crippen LogP contribution in [0.15, 0.2) is 48.5 Å². The van der Waals surface area contributed by atoms with Crippen LogP contribution in [0.25, 0.3) is 10.9 Å². The van der Waals surface area contributed by atoms with Gasteiger partial charge in [0.05, 0.1) is 14.2 Å². The minimum absolute atomic E-state index is 0.0918. The van der Waals surface area contributed by atoms with E-state index in [1.165, 1.54) is 5.56 Å². The summed E-state index contributed by atoms with van der Waals surface area (Å²) in [4.78, 5) is 20.7. The van der Waals surface area contributed by atoms with Crippen molar-refractivity contribution in [1.82, 2.24) is 14.8 Å². The molecule has 1 fully saturated rings. The number of para-hydroxylation sites is 1. The smallest absolute Gasteiger partial charge is 0.270 e. The van der Waals surface area contributed by atoms with E-state index in [1.807, 2.05) is 47.4 Å². The van der Waals surface area contributed by atoms with Gasteiger partial charge in [-0.2, -0.15) is 0 Å². The molecule has 0 aliphatic carbocycles. The number of aromatic nitrogens is 1. The standard InChI is InChI=1S/C25H31N3O3/c1-27(14-12-18-10-11-23(30-2)24(15-18)31-3)20-8-6-13-28(17-20)25(29)22-16-19-7-4-5-9-21(19)26-22/h4-5,7,9-11,15-16,20,26H,6,8,12-14,17H2,1-3H3/t20-/m0/s1. The minimum Gasteiger partial charge on any atom is -0.493 e. The third kappa shape index (κ3) is 4.69. The van der Waals surface area contributed by atoms with Gasteiger partial charge in [-0.15, -0.1) is 0 Å². The first kappa shape index (κ1) is 21.2. The van der Waals surface area contributed by atoms with E-state index in [0.717, 1.165) is 61.3 Å². The molecule has 164 valence electrons. The van der Waals surface area contributed by atoms with Crippen molar-refractivity contribution in [3.05, 3.63) is 59.8 Å². The highest BCUT2D eigenvalue weighted by Gasteiger charge is 2.27. The predicted octanol–water partition coefficient (Wildman–Crippen LogP) is 3.96. The molecule has 0 saturated carbocycles. The SMILES string of the molecule is COc1ccc(CCN(C)[C@H]2CCCN(C(=O)c3cc4ccccc4[nH]3)C2)cc1OC. The maximum Gasteiger partial charge on any atom is 0.270 e. The zero-order valence-electron chi connectivity index (χ0n) is 18.6. The summed E-state index contributed by atoms with van der Waals surface area (Å²) in [6, 6.07) is 16.4. The first-order chi connectivity index (χ1) is 15.1. The molecule has 6 nitrogen and oxygen atoms in total. The van der Waals surface area contributed by atoms with Gasteiger partial charge in [-0.25, -0.2) is 0 Å². The quantitative estimate of drug-likeness (QED) is 0.627. The molecule has 0 radical (unpaired) electrons. The zero-order chi connectivity index (χ0) is 21.8. The van der Waals surface area contributed by atoms with Crippen molar-refractivity contribution >= 4 is 16.8 Å². The molecule has 0 bridgehead atoms. The summed E-state index contributed by atoms with van der Waals surface area (Å²) in [5.41, 5.74) is 2.90.